The van der Waals surface area contributed by atoms with Crippen LogP contribution in [-0.4, -0.2) is 48.3 Å². The minimum Gasteiger partial charge on any atom is -0.393 e. The van der Waals surface area contributed by atoms with Crippen molar-refractivity contribution in [1.29, 1.82) is 0 Å². The summed E-state index contributed by atoms with van der Waals surface area (Å²) in [5.41, 5.74) is 0. The van der Waals surface area contributed by atoms with E-state index in [-0.39, 0.29) is 6.10 Å². The third-order valence-electron chi connectivity index (χ3n) is 5.56. The van der Waals surface area contributed by atoms with E-state index in [1.807, 2.05) is 0 Å². The zero-order valence-electron chi connectivity index (χ0n) is 13.8. The van der Waals surface area contributed by atoms with E-state index in [2.05, 4.69) is 37.9 Å². The molecule has 1 heterocycles. The zero-order valence-corrected chi connectivity index (χ0v) is 13.8. The molecule has 2 N–H and O–H groups in total. The molecule has 2 rings (SSSR count). The lowest BCUT2D eigenvalue weighted by Crippen LogP contribution is -2.51. The molecule has 3 nitrogen and oxygen atoms in total. The Bertz CT molecular complexity index is 297. The molecule has 0 bridgehead atoms. The standard InChI is InChI=1S/C17H34N2O/c1-5-18-16-9-12(2)8-13(3)15(16)11-19-7-6-17(20)14(4)10-19/h12-18,20H,5-11H2,1-4H3. The molecular weight excluding hydrogens is 248 g/mol. The van der Waals surface area contributed by atoms with Gasteiger partial charge in [0.25, 0.3) is 0 Å². The lowest BCUT2D eigenvalue weighted by atomic mass is 9.72. The van der Waals surface area contributed by atoms with Crippen LogP contribution in [0.15, 0.2) is 0 Å². The summed E-state index contributed by atoms with van der Waals surface area (Å²) in [4.78, 5) is 2.60. The van der Waals surface area contributed by atoms with Gasteiger partial charge in [-0.1, -0.05) is 27.7 Å². The molecular formula is C17H34N2O. The van der Waals surface area contributed by atoms with Crippen molar-refractivity contribution >= 4 is 0 Å². The highest BCUT2D eigenvalue weighted by atomic mass is 16.3. The van der Waals surface area contributed by atoms with E-state index in [1.165, 1.54) is 19.4 Å². The number of aliphatic hydroxyl groups excluding tert-OH is 1. The molecule has 0 radical (unpaired) electrons. The first-order chi connectivity index (χ1) is 9.51. The Morgan fingerprint density at radius 1 is 1.15 bits per heavy atom. The van der Waals surface area contributed by atoms with Crippen LogP contribution in [0.4, 0.5) is 0 Å². The Hall–Kier alpha value is -0.120. The molecule has 6 atom stereocenters. The number of hydrogen-bond acceptors (Lipinski definition) is 3. The molecule has 0 aromatic heterocycles. The average molecular weight is 282 g/mol. The Morgan fingerprint density at radius 3 is 2.55 bits per heavy atom. The van der Waals surface area contributed by atoms with Crippen LogP contribution in [0.25, 0.3) is 0 Å². The van der Waals surface area contributed by atoms with E-state index in [9.17, 15) is 5.11 Å². The van der Waals surface area contributed by atoms with Crippen molar-refractivity contribution in [2.45, 2.75) is 59.1 Å². The number of nitrogens with zero attached hydrogens (tertiary/aromatic N) is 1. The number of piperidine rings is 1. The van der Waals surface area contributed by atoms with E-state index in [4.69, 9.17) is 0 Å². The number of hydrogen-bond donors (Lipinski definition) is 2. The van der Waals surface area contributed by atoms with Crippen LogP contribution in [0.5, 0.6) is 0 Å². The number of nitrogens with one attached hydrogen (secondary N) is 1. The van der Waals surface area contributed by atoms with Gasteiger partial charge in [0.15, 0.2) is 0 Å². The molecule has 1 saturated carbocycles. The fourth-order valence-corrected chi connectivity index (χ4v) is 4.40. The average Bonchev–Trinajstić information content (AvgIpc) is 2.38. The van der Waals surface area contributed by atoms with Gasteiger partial charge in [0.05, 0.1) is 6.10 Å². The highest BCUT2D eigenvalue weighted by molar-refractivity contribution is 4.90. The van der Waals surface area contributed by atoms with Gasteiger partial charge < -0.3 is 15.3 Å². The molecule has 1 aliphatic heterocycles. The Balaban J connectivity index is 1.94. The summed E-state index contributed by atoms with van der Waals surface area (Å²) in [5.74, 6) is 2.87. The molecule has 0 aromatic rings. The lowest BCUT2D eigenvalue weighted by Gasteiger charge is -2.44. The second-order valence-electron chi connectivity index (χ2n) is 7.47. The molecule has 0 amide bonds. The SMILES string of the molecule is CCNC1CC(C)CC(C)C1CN1CCC(O)C(C)C1. The Morgan fingerprint density at radius 2 is 1.90 bits per heavy atom. The molecule has 0 aromatic carbocycles. The number of aliphatic hydroxyl groups is 1. The van der Waals surface area contributed by atoms with Gasteiger partial charge in [-0.05, 0) is 49.5 Å². The first-order valence-corrected chi connectivity index (χ1v) is 8.65. The predicted molar refractivity (Wildman–Crippen MR) is 84.7 cm³/mol. The van der Waals surface area contributed by atoms with Crippen LogP contribution >= 0.6 is 0 Å². The molecule has 1 aliphatic carbocycles. The summed E-state index contributed by atoms with van der Waals surface area (Å²) in [6.07, 6.45) is 3.57. The first kappa shape index (κ1) is 16.3. The van der Waals surface area contributed by atoms with Gasteiger partial charge in [-0.25, -0.2) is 0 Å². The Kier molecular flexibility index (Phi) is 5.88. The summed E-state index contributed by atoms with van der Waals surface area (Å²) in [5, 5.41) is 13.6. The maximum atomic E-state index is 9.89. The van der Waals surface area contributed by atoms with Crippen LogP contribution in [0.1, 0.15) is 47.0 Å². The van der Waals surface area contributed by atoms with E-state index in [1.54, 1.807) is 0 Å². The van der Waals surface area contributed by atoms with Gasteiger partial charge in [-0.2, -0.15) is 0 Å². The normalized spacial score (nSPS) is 43.6. The number of rotatable bonds is 4. The van der Waals surface area contributed by atoms with Gasteiger partial charge in [-0.3, -0.25) is 0 Å². The minimum absolute atomic E-state index is 0.0837. The minimum atomic E-state index is -0.0837. The summed E-state index contributed by atoms with van der Waals surface area (Å²) >= 11 is 0. The highest BCUT2D eigenvalue weighted by Crippen LogP contribution is 2.35. The fraction of sp³-hybridized carbons (Fsp3) is 1.00. The van der Waals surface area contributed by atoms with E-state index in [0.29, 0.717) is 12.0 Å². The van der Waals surface area contributed by atoms with Crippen molar-refractivity contribution < 1.29 is 5.11 Å². The van der Waals surface area contributed by atoms with Crippen LogP contribution < -0.4 is 5.32 Å². The van der Waals surface area contributed by atoms with E-state index >= 15 is 0 Å². The summed E-state index contributed by atoms with van der Waals surface area (Å²) in [6, 6.07) is 0.681. The highest BCUT2D eigenvalue weighted by Gasteiger charge is 2.35. The van der Waals surface area contributed by atoms with Gasteiger partial charge >= 0.3 is 0 Å². The van der Waals surface area contributed by atoms with E-state index in [0.717, 1.165) is 43.8 Å². The quantitative estimate of drug-likeness (QED) is 0.831. The predicted octanol–water partition coefficient (Wildman–Crippen LogP) is 2.35. The smallest absolute Gasteiger partial charge is 0.0590 e. The molecule has 2 fully saturated rings. The first-order valence-electron chi connectivity index (χ1n) is 8.65. The van der Waals surface area contributed by atoms with Crippen LogP contribution in [0, 0.1) is 23.7 Å². The fourth-order valence-electron chi connectivity index (χ4n) is 4.40. The summed E-state index contributed by atoms with van der Waals surface area (Å²) in [6.45, 7) is 13.7. The monoisotopic (exact) mass is 282 g/mol. The number of likely N-dealkylation sites (tertiary alicyclic amines) is 1. The van der Waals surface area contributed by atoms with E-state index < -0.39 is 0 Å². The third kappa shape index (κ3) is 3.96. The molecule has 3 heteroatoms. The molecule has 20 heavy (non-hydrogen) atoms. The van der Waals surface area contributed by atoms with Crippen molar-refractivity contribution in [2.75, 3.05) is 26.2 Å². The van der Waals surface area contributed by atoms with Crippen molar-refractivity contribution in [3.8, 4) is 0 Å². The third-order valence-corrected chi connectivity index (χ3v) is 5.56. The Labute approximate surface area is 125 Å². The lowest BCUT2D eigenvalue weighted by molar-refractivity contribution is 0.0146. The van der Waals surface area contributed by atoms with Crippen molar-refractivity contribution in [3.05, 3.63) is 0 Å². The van der Waals surface area contributed by atoms with Gasteiger partial charge in [-0.15, -0.1) is 0 Å². The maximum absolute atomic E-state index is 9.89. The van der Waals surface area contributed by atoms with Gasteiger partial charge in [0, 0.05) is 25.7 Å². The van der Waals surface area contributed by atoms with Crippen molar-refractivity contribution in [1.82, 2.24) is 10.2 Å². The second kappa shape index (κ2) is 7.24. The maximum Gasteiger partial charge on any atom is 0.0590 e. The summed E-state index contributed by atoms with van der Waals surface area (Å²) < 4.78 is 0. The zero-order chi connectivity index (χ0) is 14.7. The van der Waals surface area contributed by atoms with Crippen LogP contribution in [-0.2, 0) is 0 Å². The topological polar surface area (TPSA) is 35.5 Å². The molecule has 0 spiro atoms. The largest absolute Gasteiger partial charge is 0.393 e. The molecule has 6 unspecified atom stereocenters. The second-order valence-corrected chi connectivity index (χ2v) is 7.47. The summed E-state index contributed by atoms with van der Waals surface area (Å²) in [7, 11) is 0. The molecule has 2 aliphatic rings. The van der Waals surface area contributed by atoms with Crippen molar-refractivity contribution in [2.24, 2.45) is 23.7 Å². The molecule has 118 valence electrons. The van der Waals surface area contributed by atoms with Crippen LogP contribution in [0.2, 0.25) is 0 Å². The van der Waals surface area contributed by atoms with Gasteiger partial charge in [0.2, 0.25) is 0 Å². The molecule has 1 saturated heterocycles. The van der Waals surface area contributed by atoms with Crippen molar-refractivity contribution in [3.63, 3.8) is 0 Å². The van der Waals surface area contributed by atoms with Gasteiger partial charge in [0.1, 0.15) is 0 Å². The van der Waals surface area contributed by atoms with Crippen LogP contribution in [0.3, 0.4) is 0 Å².